The van der Waals surface area contributed by atoms with Gasteiger partial charge in [0.05, 0.1) is 5.56 Å². The summed E-state index contributed by atoms with van der Waals surface area (Å²) in [6.45, 7) is 3.42. The number of carbonyl (C=O) groups excluding carboxylic acids is 2. The quantitative estimate of drug-likeness (QED) is 0.786. The van der Waals surface area contributed by atoms with Crippen LogP contribution < -0.4 is 11.1 Å². The molecule has 2 heterocycles. The van der Waals surface area contributed by atoms with Gasteiger partial charge in [-0.05, 0) is 56.0 Å². The molecule has 3 N–H and O–H groups in total. The zero-order valence-electron chi connectivity index (χ0n) is 15.7. The number of aromatic nitrogens is 1. The summed E-state index contributed by atoms with van der Waals surface area (Å²) in [5.41, 5.74) is 7.64. The van der Waals surface area contributed by atoms with Gasteiger partial charge in [0.1, 0.15) is 0 Å². The lowest BCUT2D eigenvalue weighted by atomic mass is 9.92. The molecule has 3 rings (SSSR count). The fraction of sp³-hybridized carbons (Fsp3) is 0.350. The van der Waals surface area contributed by atoms with Gasteiger partial charge in [-0.15, -0.1) is 24.8 Å². The van der Waals surface area contributed by atoms with Crippen LogP contribution in [0.5, 0.6) is 0 Å². The van der Waals surface area contributed by atoms with E-state index in [0.29, 0.717) is 29.3 Å². The van der Waals surface area contributed by atoms with Gasteiger partial charge in [-0.25, -0.2) is 0 Å². The van der Waals surface area contributed by atoms with Crippen molar-refractivity contribution in [2.45, 2.75) is 25.8 Å². The van der Waals surface area contributed by atoms with Crippen molar-refractivity contribution in [1.82, 2.24) is 9.88 Å². The van der Waals surface area contributed by atoms with Crippen LogP contribution in [0.15, 0.2) is 48.8 Å². The van der Waals surface area contributed by atoms with Gasteiger partial charge in [0.2, 0.25) is 0 Å². The fourth-order valence-electron chi connectivity index (χ4n) is 3.24. The minimum absolute atomic E-state index is 0. The van der Waals surface area contributed by atoms with Crippen molar-refractivity contribution in [3.05, 3.63) is 59.9 Å². The van der Waals surface area contributed by atoms with Crippen LogP contribution in [0.2, 0.25) is 0 Å². The smallest absolute Gasteiger partial charge is 0.257 e. The SMILES string of the molecule is CC(N)C1CCCN(C(=O)c2cccc(NC(=O)c3cccnc3)c2)C1.Cl.Cl. The average molecular weight is 425 g/mol. The molecule has 1 aromatic carbocycles. The van der Waals surface area contributed by atoms with Crippen molar-refractivity contribution in [2.75, 3.05) is 18.4 Å². The first-order valence-electron chi connectivity index (χ1n) is 8.91. The molecule has 1 saturated heterocycles. The van der Waals surface area contributed by atoms with Gasteiger partial charge >= 0.3 is 0 Å². The van der Waals surface area contributed by atoms with Gasteiger partial charge in [-0.3, -0.25) is 14.6 Å². The van der Waals surface area contributed by atoms with Crippen LogP contribution >= 0.6 is 24.8 Å². The van der Waals surface area contributed by atoms with Crippen molar-refractivity contribution in [3.63, 3.8) is 0 Å². The van der Waals surface area contributed by atoms with Crippen molar-refractivity contribution in [1.29, 1.82) is 0 Å². The van der Waals surface area contributed by atoms with Gasteiger partial charge < -0.3 is 16.0 Å². The molecule has 2 amide bonds. The van der Waals surface area contributed by atoms with Crippen LogP contribution in [0.3, 0.4) is 0 Å². The Balaban J connectivity index is 0.00000196. The second-order valence-corrected chi connectivity index (χ2v) is 6.79. The molecule has 152 valence electrons. The number of carbonyl (C=O) groups is 2. The number of likely N-dealkylation sites (tertiary alicyclic amines) is 1. The van der Waals surface area contributed by atoms with Gasteiger partial charge in [0.25, 0.3) is 11.8 Å². The fourth-order valence-corrected chi connectivity index (χ4v) is 3.24. The molecule has 1 aliphatic heterocycles. The lowest BCUT2D eigenvalue weighted by Gasteiger charge is -2.34. The average Bonchev–Trinajstić information content (AvgIpc) is 2.68. The molecular formula is C20H26Cl2N4O2. The van der Waals surface area contributed by atoms with E-state index in [-0.39, 0.29) is 42.7 Å². The highest BCUT2D eigenvalue weighted by Crippen LogP contribution is 2.21. The Labute approximate surface area is 177 Å². The third kappa shape index (κ3) is 5.92. The minimum atomic E-state index is -0.252. The molecule has 28 heavy (non-hydrogen) atoms. The van der Waals surface area contributed by atoms with E-state index in [1.165, 1.54) is 6.20 Å². The molecule has 0 saturated carbocycles. The van der Waals surface area contributed by atoms with Gasteiger partial charge in [0, 0.05) is 42.8 Å². The summed E-state index contributed by atoms with van der Waals surface area (Å²) >= 11 is 0. The molecule has 2 aromatic rings. The standard InChI is InChI=1S/C20H24N4O2.2ClH/c1-14(21)17-7-4-10-24(13-17)20(26)15-5-2-8-18(11-15)23-19(25)16-6-3-9-22-12-16;;/h2-3,5-6,8-9,11-12,14,17H,4,7,10,13,21H2,1H3,(H,23,25);2*1H. The Bertz CT molecular complexity index is 787. The number of nitrogens with one attached hydrogen (secondary N) is 1. The number of rotatable bonds is 4. The van der Waals surface area contributed by atoms with Crippen LogP contribution in [-0.2, 0) is 0 Å². The van der Waals surface area contributed by atoms with E-state index in [2.05, 4.69) is 10.3 Å². The Kier molecular flexibility index (Phi) is 9.38. The van der Waals surface area contributed by atoms with E-state index in [9.17, 15) is 9.59 Å². The largest absolute Gasteiger partial charge is 0.338 e. The topological polar surface area (TPSA) is 88.3 Å². The first kappa shape index (κ1) is 23.9. The van der Waals surface area contributed by atoms with Crippen LogP contribution in [0, 0.1) is 5.92 Å². The Morgan fingerprint density at radius 1 is 1.21 bits per heavy atom. The number of halogens is 2. The summed E-state index contributed by atoms with van der Waals surface area (Å²) in [7, 11) is 0. The molecule has 1 fully saturated rings. The maximum absolute atomic E-state index is 12.8. The third-order valence-corrected chi connectivity index (χ3v) is 4.78. The lowest BCUT2D eigenvalue weighted by Crippen LogP contribution is -2.45. The minimum Gasteiger partial charge on any atom is -0.338 e. The lowest BCUT2D eigenvalue weighted by molar-refractivity contribution is 0.0660. The Hall–Kier alpha value is -2.15. The zero-order chi connectivity index (χ0) is 18.5. The molecule has 1 aromatic heterocycles. The molecule has 0 radical (unpaired) electrons. The monoisotopic (exact) mass is 424 g/mol. The predicted octanol–water partition coefficient (Wildman–Crippen LogP) is 3.38. The Morgan fingerprint density at radius 3 is 2.64 bits per heavy atom. The van der Waals surface area contributed by atoms with Gasteiger partial charge in [-0.2, -0.15) is 0 Å². The van der Waals surface area contributed by atoms with Crippen molar-refractivity contribution in [2.24, 2.45) is 11.7 Å². The molecule has 6 nitrogen and oxygen atoms in total. The van der Waals surface area contributed by atoms with Crippen molar-refractivity contribution in [3.8, 4) is 0 Å². The Morgan fingerprint density at radius 2 is 1.96 bits per heavy atom. The molecule has 0 aliphatic carbocycles. The number of nitrogens with zero attached hydrogens (tertiary/aromatic N) is 2. The van der Waals surface area contributed by atoms with Gasteiger partial charge in [0.15, 0.2) is 0 Å². The number of piperidine rings is 1. The molecule has 0 spiro atoms. The van der Waals surface area contributed by atoms with E-state index < -0.39 is 0 Å². The number of hydrogen-bond donors (Lipinski definition) is 2. The number of hydrogen-bond acceptors (Lipinski definition) is 4. The molecular weight excluding hydrogens is 399 g/mol. The van der Waals surface area contributed by atoms with Crippen LogP contribution in [0.4, 0.5) is 5.69 Å². The molecule has 8 heteroatoms. The summed E-state index contributed by atoms with van der Waals surface area (Å²) in [4.78, 5) is 30.9. The van der Waals surface area contributed by atoms with E-state index in [0.717, 1.165) is 19.4 Å². The highest BCUT2D eigenvalue weighted by molar-refractivity contribution is 6.04. The third-order valence-electron chi connectivity index (χ3n) is 4.78. The number of anilines is 1. The summed E-state index contributed by atoms with van der Waals surface area (Å²) in [6, 6.07) is 10.5. The number of nitrogens with two attached hydrogens (primary N) is 1. The molecule has 1 aliphatic rings. The zero-order valence-corrected chi connectivity index (χ0v) is 17.3. The second kappa shape index (κ2) is 11.0. The van der Waals surface area contributed by atoms with E-state index in [4.69, 9.17) is 5.73 Å². The van der Waals surface area contributed by atoms with Crippen LogP contribution in [-0.4, -0.2) is 40.8 Å². The normalized spacial score (nSPS) is 16.9. The van der Waals surface area contributed by atoms with Crippen molar-refractivity contribution >= 4 is 42.3 Å². The summed E-state index contributed by atoms with van der Waals surface area (Å²) in [5.74, 6) is 0.0617. The second-order valence-electron chi connectivity index (χ2n) is 6.79. The summed E-state index contributed by atoms with van der Waals surface area (Å²) < 4.78 is 0. The molecule has 2 unspecified atom stereocenters. The molecule has 0 bridgehead atoms. The highest BCUT2D eigenvalue weighted by Gasteiger charge is 2.26. The molecule has 2 atom stereocenters. The maximum Gasteiger partial charge on any atom is 0.257 e. The first-order chi connectivity index (χ1) is 12.5. The predicted molar refractivity (Wildman–Crippen MR) is 115 cm³/mol. The summed E-state index contributed by atoms with van der Waals surface area (Å²) in [5, 5.41) is 2.81. The van der Waals surface area contributed by atoms with E-state index in [1.54, 1.807) is 42.6 Å². The first-order valence-corrected chi connectivity index (χ1v) is 8.91. The van der Waals surface area contributed by atoms with E-state index in [1.807, 2.05) is 11.8 Å². The summed E-state index contributed by atoms with van der Waals surface area (Å²) in [6.07, 6.45) is 5.15. The van der Waals surface area contributed by atoms with Crippen molar-refractivity contribution < 1.29 is 9.59 Å². The van der Waals surface area contributed by atoms with Crippen LogP contribution in [0.1, 0.15) is 40.5 Å². The maximum atomic E-state index is 12.8. The number of pyridine rings is 1. The highest BCUT2D eigenvalue weighted by atomic mass is 35.5. The van der Waals surface area contributed by atoms with Gasteiger partial charge in [-0.1, -0.05) is 6.07 Å². The number of benzene rings is 1. The van der Waals surface area contributed by atoms with Crippen LogP contribution in [0.25, 0.3) is 0 Å². The van der Waals surface area contributed by atoms with E-state index >= 15 is 0 Å². The number of amides is 2.